The summed E-state index contributed by atoms with van der Waals surface area (Å²) in [6.45, 7) is 2.26. The average Bonchev–Trinajstić information content (AvgIpc) is 3.23. The number of rotatable bonds is 5. The molecule has 0 bridgehead atoms. The van der Waals surface area contributed by atoms with Crippen molar-refractivity contribution in [3.63, 3.8) is 0 Å². The fraction of sp³-hybridized carbons (Fsp3) is 0.0189. The normalized spacial score (nSPS) is 11.5. The lowest BCUT2D eigenvalue weighted by molar-refractivity contribution is 1.57. The lowest BCUT2D eigenvalue weighted by Crippen LogP contribution is -1.95. The second kappa shape index (κ2) is 12.8. The van der Waals surface area contributed by atoms with Crippen molar-refractivity contribution < 1.29 is 0 Å². The molecule has 0 unspecified atom stereocenters. The number of benzene rings is 10. The highest BCUT2D eigenvalue weighted by Gasteiger charge is 2.22. The van der Waals surface area contributed by atoms with E-state index < -0.39 is 0 Å². The molecule has 10 aromatic rings. The molecule has 0 radical (unpaired) electrons. The third-order valence-electron chi connectivity index (χ3n) is 11.1. The molecule has 248 valence electrons. The molecular formula is C53H36. The fourth-order valence-electron chi connectivity index (χ4n) is 8.71. The van der Waals surface area contributed by atoms with Gasteiger partial charge in [0, 0.05) is 0 Å². The van der Waals surface area contributed by atoms with Crippen LogP contribution < -0.4 is 0 Å². The Morgan fingerprint density at radius 1 is 0.226 bits per heavy atom. The van der Waals surface area contributed by atoms with Gasteiger partial charge in [0.05, 0.1) is 0 Å². The minimum absolute atomic E-state index is 1.21. The SMILES string of the molecule is Cc1c2ccccc2c(-c2ccc3c(-c4ccccc4-c4ccccc4)c4ccccc4c(-c4ccccc4-c4ccccc4)c3c2)c2ccccc12. The highest BCUT2D eigenvalue weighted by Crippen LogP contribution is 2.49. The second-order valence-electron chi connectivity index (χ2n) is 14.0. The molecule has 0 nitrogen and oxygen atoms in total. The van der Waals surface area contributed by atoms with Crippen molar-refractivity contribution in [2.45, 2.75) is 6.92 Å². The molecule has 0 aliphatic heterocycles. The topological polar surface area (TPSA) is 0 Å². The molecular weight excluding hydrogens is 637 g/mol. The summed E-state index contributed by atoms with van der Waals surface area (Å²) in [5.41, 5.74) is 13.7. The monoisotopic (exact) mass is 672 g/mol. The number of aryl methyl sites for hydroxylation is 1. The van der Waals surface area contributed by atoms with E-state index in [-0.39, 0.29) is 0 Å². The second-order valence-corrected chi connectivity index (χ2v) is 14.0. The van der Waals surface area contributed by atoms with E-state index in [9.17, 15) is 0 Å². The van der Waals surface area contributed by atoms with Crippen molar-refractivity contribution in [3.8, 4) is 55.6 Å². The minimum atomic E-state index is 1.21. The van der Waals surface area contributed by atoms with Gasteiger partial charge in [-0.25, -0.2) is 0 Å². The van der Waals surface area contributed by atoms with E-state index in [1.807, 2.05) is 0 Å². The van der Waals surface area contributed by atoms with Crippen molar-refractivity contribution >= 4 is 43.1 Å². The standard InChI is InChI=1S/C53H36/c1-35-39-22-8-12-26-43(39)51(44-27-13-9-23-40(35)44)38-32-33-49-50(34-38)53(46-29-15-11-25-42(46)37-20-6-3-7-21-37)48-31-17-16-30-47(48)52(49)45-28-14-10-24-41(45)36-18-4-2-5-19-36/h2-34H,1H3. The van der Waals surface area contributed by atoms with Crippen LogP contribution in [0.4, 0.5) is 0 Å². The van der Waals surface area contributed by atoms with Crippen LogP contribution in [0.2, 0.25) is 0 Å². The molecule has 10 aromatic carbocycles. The molecule has 0 saturated heterocycles. The molecule has 0 amide bonds. The van der Waals surface area contributed by atoms with Crippen LogP contribution >= 0.6 is 0 Å². The van der Waals surface area contributed by atoms with Crippen molar-refractivity contribution in [3.05, 3.63) is 206 Å². The van der Waals surface area contributed by atoms with E-state index >= 15 is 0 Å². The molecule has 53 heavy (non-hydrogen) atoms. The zero-order valence-corrected chi connectivity index (χ0v) is 29.6. The third kappa shape index (κ3) is 5.06. The summed E-state index contributed by atoms with van der Waals surface area (Å²) in [4.78, 5) is 0. The zero-order valence-electron chi connectivity index (χ0n) is 29.6. The molecule has 0 heterocycles. The summed E-state index contributed by atoms with van der Waals surface area (Å²) in [5.74, 6) is 0. The van der Waals surface area contributed by atoms with Crippen LogP contribution in [0, 0.1) is 6.92 Å². The van der Waals surface area contributed by atoms with Crippen molar-refractivity contribution in [2.24, 2.45) is 0 Å². The summed E-state index contributed by atoms with van der Waals surface area (Å²) < 4.78 is 0. The minimum Gasteiger partial charge on any atom is -0.0622 e. The molecule has 0 spiro atoms. The lowest BCUT2D eigenvalue weighted by Gasteiger charge is -2.22. The van der Waals surface area contributed by atoms with Gasteiger partial charge in [-0.15, -0.1) is 0 Å². The van der Waals surface area contributed by atoms with Crippen molar-refractivity contribution in [2.75, 3.05) is 0 Å². The number of fused-ring (bicyclic) bond motifs is 4. The molecule has 10 rings (SSSR count). The predicted molar refractivity (Wildman–Crippen MR) is 228 cm³/mol. The van der Waals surface area contributed by atoms with Crippen LogP contribution in [-0.2, 0) is 0 Å². The molecule has 0 aromatic heterocycles. The lowest BCUT2D eigenvalue weighted by atomic mass is 9.81. The zero-order chi connectivity index (χ0) is 35.3. The maximum absolute atomic E-state index is 2.48. The Labute approximate surface area is 310 Å². The highest BCUT2D eigenvalue weighted by atomic mass is 14.2. The van der Waals surface area contributed by atoms with Crippen LogP contribution in [0.5, 0.6) is 0 Å². The predicted octanol–water partition coefficient (Wildman–Crippen LogP) is 14.9. The van der Waals surface area contributed by atoms with Gasteiger partial charge in [-0.2, -0.15) is 0 Å². The van der Waals surface area contributed by atoms with Crippen molar-refractivity contribution in [1.82, 2.24) is 0 Å². The Morgan fingerprint density at radius 3 is 1.04 bits per heavy atom. The Morgan fingerprint density at radius 2 is 0.566 bits per heavy atom. The first-order chi connectivity index (χ1) is 26.3. The van der Waals surface area contributed by atoms with E-state index in [1.54, 1.807) is 0 Å². The smallest absolute Gasteiger partial charge is 0.00199 e. The van der Waals surface area contributed by atoms with Crippen LogP contribution in [0.3, 0.4) is 0 Å². The van der Waals surface area contributed by atoms with Gasteiger partial charge >= 0.3 is 0 Å². The molecule has 0 atom stereocenters. The van der Waals surface area contributed by atoms with Gasteiger partial charge in [-0.3, -0.25) is 0 Å². The molecule has 0 heteroatoms. The van der Waals surface area contributed by atoms with E-state index in [4.69, 9.17) is 0 Å². The summed E-state index contributed by atoms with van der Waals surface area (Å²) >= 11 is 0. The van der Waals surface area contributed by atoms with E-state index in [0.29, 0.717) is 0 Å². The van der Waals surface area contributed by atoms with Crippen LogP contribution in [0.25, 0.3) is 98.7 Å². The Balaban J connectivity index is 1.38. The van der Waals surface area contributed by atoms with Gasteiger partial charge in [0.2, 0.25) is 0 Å². The van der Waals surface area contributed by atoms with Crippen LogP contribution in [0.15, 0.2) is 200 Å². The first-order valence-electron chi connectivity index (χ1n) is 18.4. The highest BCUT2D eigenvalue weighted by molar-refractivity contribution is 6.25. The molecule has 0 aliphatic rings. The molecule has 0 saturated carbocycles. The van der Waals surface area contributed by atoms with Crippen molar-refractivity contribution in [1.29, 1.82) is 0 Å². The Kier molecular flexibility index (Phi) is 7.48. The average molecular weight is 673 g/mol. The third-order valence-corrected chi connectivity index (χ3v) is 11.1. The quantitative estimate of drug-likeness (QED) is 0.160. The fourth-order valence-corrected chi connectivity index (χ4v) is 8.71. The summed E-state index contributed by atoms with van der Waals surface area (Å²) in [5, 5.41) is 10.1. The van der Waals surface area contributed by atoms with Gasteiger partial charge in [0.25, 0.3) is 0 Å². The molecule has 0 N–H and O–H groups in total. The van der Waals surface area contributed by atoms with E-state index in [0.717, 1.165) is 0 Å². The maximum atomic E-state index is 2.48. The maximum Gasteiger partial charge on any atom is -0.00199 e. The summed E-state index contributed by atoms with van der Waals surface area (Å²) in [7, 11) is 0. The Bertz CT molecular complexity index is 2930. The first-order valence-corrected chi connectivity index (χ1v) is 18.4. The van der Waals surface area contributed by atoms with Gasteiger partial charge < -0.3 is 0 Å². The number of hydrogen-bond donors (Lipinski definition) is 0. The van der Waals surface area contributed by atoms with Gasteiger partial charge in [0.1, 0.15) is 0 Å². The summed E-state index contributed by atoms with van der Waals surface area (Å²) in [6.07, 6.45) is 0. The van der Waals surface area contributed by atoms with Gasteiger partial charge in [-0.1, -0.05) is 194 Å². The van der Waals surface area contributed by atoms with Gasteiger partial charge in [-0.05, 0) is 117 Å². The van der Waals surface area contributed by atoms with E-state index in [2.05, 4.69) is 207 Å². The summed E-state index contributed by atoms with van der Waals surface area (Å²) in [6, 6.07) is 73.5. The molecule has 0 aliphatic carbocycles. The van der Waals surface area contributed by atoms with Gasteiger partial charge in [0.15, 0.2) is 0 Å². The Hall–Kier alpha value is -6.76. The van der Waals surface area contributed by atoms with Crippen LogP contribution in [0.1, 0.15) is 5.56 Å². The largest absolute Gasteiger partial charge is 0.0622 e. The van der Waals surface area contributed by atoms with Crippen LogP contribution in [-0.4, -0.2) is 0 Å². The first kappa shape index (κ1) is 31.0. The molecule has 0 fully saturated rings. The van der Waals surface area contributed by atoms with E-state index in [1.165, 1.54) is 104 Å². The number of hydrogen-bond acceptors (Lipinski definition) is 0.